The summed E-state index contributed by atoms with van der Waals surface area (Å²) in [6.07, 6.45) is 8.06. The van der Waals surface area contributed by atoms with Gasteiger partial charge in [0.15, 0.2) is 0 Å². The molecule has 1 saturated carbocycles. The summed E-state index contributed by atoms with van der Waals surface area (Å²) in [5.41, 5.74) is 0. The molecule has 0 heterocycles. The Kier molecular flexibility index (Phi) is 7.81. The summed E-state index contributed by atoms with van der Waals surface area (Å²) in [6, 6.07) is 0. The summed E-state index contributed by atoms with van der Waals surface area (Å²) < 4.78 is 10.3. The Morgan fingerprint density at radius 1 is 1.06 bits per heavy atom. The zero-order valence-electron chi connectivity index (χ0n) is 10.5. The van der Waals surface area contributed by atoms with Crippen molar-refractivity contribution in [2.75, 3.05) is 26.9 Å². The highest BCUT2D eigenvalue weighted by molar-refractivity contribution is 4.72. The molecule has 16 heavy (non-hydrogen) atoms. The van der Waals surface area contributed by atoms with Gasteiger partial charge in [-0.25, -0.2) is 0 Å². The maximum atomic E-state index is 9.93. The van der Waals surface area contributed by atoms with E-state index in [-0.39, 0.29) is 6.10 Å². The van der Waals surface area contributed by atoms with Gasteiger partial charge in [-0.2, -0.15) is 0 Å². The molecule has 0 radical (unpaired) electrons. The van der Waals surface area contributed by atoms with Gasteiger partial charge in [0.2, 0.25) is 0 Å². The van der Waals surface area contributed by atoms with Gasteiger partial charge in [0.25, 0.3) is 0 Å². The molecule has 3 nitrogen and oxygen atoms in total. The molecule has 1 aliphatic carbocycles. The van der Waals surface area contributed by atoms with Crippen molar-refractivity contribution in [2.24, 2.45) is 5.92 Å². The monoisotopic (exact) mass is 230 g/mol. The van der Waals surface area contributed by atoms with E-state index in [1.165, 1.54) is 25.7 Å². The zero-order valence-corrected chi connectivity index (χ0v) is 10.5. The van der Waals surface area contributed by atoms with Crippen LogP contribution in [0.3, 0.4) is 0 Å². The molecule has 0 aromatic rings. The Labute approximate surface area is 99.1 Å². The number of aliphatic hydroxyl groups is 1. The van der Waals surface area contributed by atoms with Crippen molar-refractivity contribution in [3.8, 4) is 0 Å². The van der Waals surface area contributed by atoms with Crippen molar-refractivity contribution in [1.82, 2.24) is 0 Å². The second kappa shape index (κ2) is 8.97. The van der Waals surface area contributed by atoms with Crippen molar-refractivity contribution in [3.05, 3.63) is 0 Å². The molecule has 96 valence electrons. The van der Waals surface area contributed by atoms with E-state index >= 15 is 0 Å². The summed E-state index contributed by atoms with van der Waals surface area (Å²) in [5.74, 6) is 0.508. The van der Waals surface area contributed by atoms with Crippen LogP contribution in [0.2, 0.25) is 0 Å². The van der Waals surface area contributed by atoms with Crippen molar-refractivity contribution in [1.29, 1.82) is 0 Å². The summed E-state index contributed by atoms with van der Waals surface area (Å²) >= 11 is 0. The summed E-state index contributed by atoms with van der Waals surface area (Å²) in [7, 11) is 1.69. The summed E-state index contributed by atoms with van der Waals surface area (Å²) in [5, 5.41) is 9.93. The number of ether oxygens (including phenoxy) is 2. The molecule has 2 atom stereocenters. The maximum Gasteiger partial charge on any atom is 0.0700 e. The molecule has 3 heteroatoms. The van der Waals surface area contributed by atoms with Gasteiger partial charge < -0.3 is 14.6 Å². The van der Waals surface area contributed by atoms with Crippen molar-refractivity contribution >= 4 is 0 Å². The average molecular weight is 230 g/mol. The average Bonchev–Trinajstić information content (AvgIpc) is 2.49. The van der Waals surface area contributed by atoms with Gasteiger partial charge in [-0.3, -0.25) is 0 Å². The molecular weight excluding hydrogens is 204 g/mol. The molecule has 0 saturated heterocycles. The molecule has 1 aliphatic rings. The second-order valence-corrected chi connectivity index (χ2v) is 4.71. The predicted molar refractivity (Wildman–Crippen MR) is 64.5 cm³/mol. The van der Waals surface area contributed by atoms with E-state index in [0.717, 1.165) is 25.9 Å². The molecule has 1 N–H and O–H groups in total. The fourth-order valence-electron chi connectivity index (χ4n) is 2.39. The van der Waals surface area contributed by atoms with E-state index in [1.807, 2.05) is 0 Å². The smallest absolute Gasteiger partial charge is 0.0700 e. The van der Waals surface area contributed by atoms with E-state index in [2.05, 4.69) is 0 Å². The van der Waals surface area contributed by atoms with Crippen LogP contribution in [0.5, 0.6) is 0 Å². The van der Waals surface area contributed by atoms with Gasteiger partial charge >= 0.3 is 0 Å². The van der Waals surface area contributed by atoms with E-state index in [0.29, 0.717) is 19.1 Å². The van der Waals surface area contributed by atoms with Crippen LogP contribution < -0.4 is 0 Å². The number of methoxy groups -OCH3 is 1. The Balaban J connectivity index is 2.01. The lowest BCUT2D eigenvalue weighted by molar-refractivity contribution is 0.0570. The Morgan fingerprint density at radius 3 is 2.69 bits per heavy atom. The summed E-state index contributed by atoms with van der Waals surface area (Å²) in [4.78, 5) is 0. The first-order valence-electron chi connectivity index (χ1n) is 6.59. The first kappa shape index (κ1) is 13.9. The van der Waals surface area contributed by atoms with Gasteiger partial charge in [-0.1, -0.05) is 19.3 Å². The van der Waals surface area contributed by atoms with E-state index < -0.39 is 0 Å². The fourth-order valence-corrected chi connectivity index (χ4v) is 2.39. The molecule has 1 fully saturated rings. The molecular formula is C13H26O3. The molecule has 0 spiro atoms. The Bertz CT molecular complexity index is 161. The lowest BCUT2D eigenvalue weighted by Crippen LogP contribution is -2.19. The number of rotatable bonds is 7. The van der Waals surface area contributed by atoms with Crippen LogP contribution in [0.25, 0.3) is 0 Å². The van der Waals surface area contributed by atoms with Gasteiger partial charge in [0, 0.05) is 13.7 Å². The standard InChI is InChI=1S/C13H26O3/c1-15-10-11-16-9-5-7-12-6-3-2-4-8-13(12)14/h12-14H,2-11H2,1H3. The van der Waals surface area contributed by atoms with Crippen molar-refractivity contribution in [2.45, 2.75) is 51.0 Å². The van der Waals surface area contributed by atoms with E-state index in [4.69, 9.17) is 9.47 Å². The maximum absolute atomic E-state index is 9.93. The Hall–Kier alpha value is -0.120. The van der Waals surface area contributed by atoms with Gasteiger partial charge in [-0.15, -0.1) is 0 Å². The van der Waals surface area contributed by atoms with Crippen LogP contribution in [0.4, 0.5) is 0 Å². The third kappa shape index (κ3) is 5.83. The normalized spacial score (nSPS) is 26.6. The highest BCUT2D eigenvalue weighted by atomic mass is 16.5. The molecule has 2 unspecified atom stereocenters. The lowest BCUT2D eigenvalue weighted by atomic mass is 9.92. The first-order chi connectivity index (χ1) is 7.84. The van der Waals surface area contributed by atoms with Crippen LogP contribution in [-0.2, 0) is 9.47 Å². The van der Waals surface area contributed by atoms with Gasteiger partial charge in [0.05, 0.1) is 19.3 Å². The van der Waals surface area contributed by atoms with E-state index in [9.17, 15) is 5.11 Å². The van der Waals surface area contributed by atoms with Crippen LogP contribution in [0.1, 0.15) is 44.9 Å². The molecule has 0 aromatic heterocycles. The fraction of sp³-hybridized carbons (Fsp3) is 1.00. The van der Waals surface area contributed by atoms with Crippen molar-refractivity contribution < 1.29 is 14.6 Å². The van der Waals surface area contributed by atoms with Gasteiger partial charge in [-0.05, 0) is 31.6 Å². The lowest BCUT2D eigenvalue weighted by Gasteiger charge is -2.19. The topological polar surface area (TPSA) is 38.7 Å². The van der Waals surface area contributed by atoms with Crippen LogP contribution >= 0.6 is 0 Å². The Morgan fingerprint density at radius 2 is 1.88 bits per heavy atom. The second-order valence-electron chi connectivity index (χ2n) is 4.71. The van der Waals surface area contributed by atoms with Gasteiger partial charge in [0.1, 0.15) is 0 Å². The SMILES string of the molecule is COCCOCCCC1CCCCCC1O. The largest absolute Gasteiger partial charge is 0.393 e. The van der Waals surface area contributed by atoms with Crippen LogP contribution in [0.15, 0.2) is 0 Å². The predicted octanol–water partition coefficient (Wildman–Crippen LogP) is 2.37. The highest BCUT2D eigenvalue weighted by Crippen LogP contribution is 2.26. The van der Waals surface area contributed by atoms with Crippen molar-refractivity contribution in [3.63, 3.8) is 0 Å². The molecule has 0 aliphatic heterocycles. The minimum atomic E-state index is -0.0681. The molecule has 1 rings (SSSR count). The third-order valence-corrected chi connectivity index (χ3v) is 3.41. The molecule has 0 aromatic carbocycles. The number of hydrogen-bond acceptors (Lipinski definition) is 3. The molecule has 0 bridgehead atoms. The molecule has 0 amide bonds. The summed E-state index contributed by atoms with van der Waals surface area (Å²) in [6.45, 7) is 2.16. The quantitative estimate of drug-likeness (QED) is 0.539. The van der Waals surface area contributed by atoms with Crippen LogP contribution in [0, 0.1) is 5.92 Å². The number of aliphatic hydroxyl groups excluding tert-OH is 1. The van der Waals surface area contributed by atoms with Crippen LogP contribution in [-0.4, -0.2) is 38.1 Å². The third-order valence-electron chi connectivity index (χ3n) is 3.41. The number of hydrogen-bond donors (Lipinski definition) is 1. The minimum Gasteiger partial charge on any atom is -0.393 e. The highest BCUT2D eigenvalue weighted by Gasteiger charge is 2.20. The first-order valence-corrected chi connectivity index (χ1v) is 6.59. The zero-order chi connectivity index (χ0) is 11.6. The minimum absolute atomic E-state index is 0.0681. The van der Waals surface area contributed by atoms with E-state index in [1.54, 1.807) is 7.11 Å².